The quantitative estimate of drug-likeness (QED) is 0.333. The van der Waals surface area contributed by atoms with Gasteiger partial charge in [0.2, 0.25) is 0 Å². The maximum Gasteiger partial charge on any atom is 0.471 e. The molecule has 2 aliphatic rings. The number of para-hydroxylation sites is 1. The van der Waals surface area contributed by atoms with E-state index in [0.29, 0.717) is 14.7 Å². The first-order valence-electron chi connectivity index (χ1n) is 8.92. The second-order valence-corrected chi connectivity index (χ2v) is 9.76. The van der Waals surface area contributed by atoms with E-state index >= 15 is 0 Å². The second-order valence-electron chi connectivity index (χ2n) is 7.05. The molecule has 0 atom stereocenters. The van der Waals surface area contributed by atoms with Gasteiger partial charge in [-0.15, -0.1) is 0 Å². The Morgan fingerprint density at radius 2 is 1.50 bits per heavy atom. The molecule has 0 spiro atoms. The van der Waals surface area contributed by atoms with Crippen LogP contribution in [0.3, 0.4) is 0 Å². The number of alkyl halides is 3. The van der Waals surface area contributed by atoms with Crippen LogP contribution in [0.4, 0.5) is 18.9 Å². The first-order valence-corrected chi connectivity index (χ1v) is 11.0. The standard InChI is InChI=1S/C20H16F3NO5S3/c1-19(2)14(30)11(17-31-12(15(25)28-3)13(32-17)16(26)29-4)9-7-5-6-8-10(9)24(19)18(27)20(21,22)23/h5-8H,1-4H3. The van der Waals surface area contributed by atoms with Crippen molar-refractivity contribution in [1.82, 2.24) is 0 Å². The molecular formula is C20H16F3NO5S3. The number of rotatable bonds is 2. The van der Waals surface area contributed by atoms with Gasteiger partial charge >= 0.3 is 24.0 Å². The van der Waals surface area contributed by atoms with Crippen LogP contribution in [0.2, 0.25) is 0 Å². The SMILES string of the molecule is COC(=O)C1=C(C(=O)OC)SC(=C2C(=S)C(C)(C)N(C(=O)C(F)(F)F)c3ccccc32)S1. The molecule has 3 rings (SSSR count). The van der Waals surface area contributed by atoms with Crippen molar-refractivity contribution in [1.29, 1.82) is 0 Å². The number of methoxy groups -OCH3 is 2. The lowest BCUT2D eigenvalue weighted by Gasteiger charge is -2.45. The third kappa shape index (κ3) is 3.95. The minimum absolute atomic E-state index is 0.0151. The summed E-state index contributed by atoms with van der Waals surface area (Å²) >= 11 is 7.40. The number of anilines is 1. The minimum Gasteiger partial charge on any atom is -0.465 e. The minimum atomic E-state index is -5.11. The van der Waals surface area contributed by atoms with E-state index < -0.39 is 29.6 Å². The topological polar surface area (TPSA) is 72.9 Å². The summed E-state index contributed by atoms with van der Waals surface area (Å²) in [5, 5.41) is 0. The van der Waals surface area contributed by atoms with Crippen LogP contribution in [0.5, 0.6) is 0 Å². The van der Waals surface area contributed by atoms with Crippen molar-refractivity contribution in [2.45, 2.75) is 25.6 Å². The van der Waals surface area contributed by atoms with Gasteiger partial charge in [-0.25, -0.2) is 9.59 Å². The Balaban J connectivity index is 2.24. The highest BCUT2D eigenvalue weighted by Gasteiger charge is 2.53. The number of amides is 1. The predicted molar refractivity (Wildman–Crippen MR) is 120 cm³/mol. The summed E-state index contributed by atoms with van der Waals surface area (Å²) in [5.74, 6) is -3.57. The zero-order chi connectivity index (χ0) is 24.0. The van der Waals surface area contributed by atoms with Gasteiger partial charge in [-0.3, -0.25) is 9.69 Å². The van der Waals surface area contributed by atoms with E-state index in [9.17, 15) is 27.6 Å². The fourth-order valence-corrected chi connectivity index (χ4v) is 6.29. The average Bonchev–Trinajstić information content (AvgIpc) is 3.17. The van der Waals surface area contributed by atoms with E-state index in [1.165, 1.54) is 32.0 Å². The molecule has 0 aromatic heterocycles. The molecule has 170 valence electrons. The number of benzene rings is 1. The first-order chi connectivity index (χ1) is 14.9. The summed E-state index contributed by atoms with van der Waals surface area (Å²) in [4.78, 5) is 37.4. The number of halogens is 3. The maximum atomic E-state index is 13.4. The van der Waals surface area contributed by atoms with Crippen molar-refractivity contribution in [2.24, 2.45) is 0 Å². The highest BCUT2D eigenvalue weighted by Crippen LogP contribution is 2.56. The largest absolute Gasteiger partial charge is 0.471 e. The van der Waals surface area contributed by atoms with Gasteiger partial charge in [-0.1, -0.05) is 53.9 Å². The number of esters is 2. The van der Waals surface area contributed by atoms with E-state index in [4.69, 9.17) is 21.7 Å². The number of hydrogen-bond acceptors (Lipinski definition) is 8. The van der Waals surface area contributed by atoms with Crippen LogP contribution < -0.4 is 4.90 Å². The van der Waals surface area contributed by atoms with Gasteiger partial charge in [0.25, 0.3) is 0 Å². The predicted octanol–water partition coefficient (Wildman–Crippen LogP) is 4.45. The Bertz CT molecular complexity index is 1080. The van der Waals surface area contributed by atoms with Crippen molar-refractivity contribution in [2.75, 3.05) is 19.1 Å². The summed E-state index contributed by atoms with van der Waals surface area (Å²) in [5.41, 5.74) is -0.871. The molecule has 0 saturated carbocycles. The molecule has 6 nitrogen and oxygen atoms in total. The molecule has 0 aliphatic carbocycles. The third-order valence-corrected chi connectivity index (χ3v) is 8.00. The van der Waals surface area contributed by atoms with Crippen LogP contribution in [-0.4, -0.2) is 48.6 Å². The number of thiocarbonyl (C=S) groups is 1. The number of fused-ring (bicyclic) bond motifs is 1. The molecule has 0 unspecified atom stereocenters. The molecular weight excluding hydrogens is 487 g/mol. The van der Waals surface area contributed by atoms with Crippen molar-refractivity contribution in [3.8, 4) is 0 Å². The van der Waals surface area contributed by atoms with Crippen molar-refractivity contribution < 1.29 is 37.0 Å². The summed E-state index contributed by atoms with van der Waals surface area (Å²) in [7, 11) is 2.32. The monoisotopic (exact) mass is 503 g/mol. The highest BCUT2D eigenvalue weighted by molar-refractivity contribution is 8.29. The molecule has 1 aromatic rings. The Kier molecular flexibility index (Phi) is 6.51. The molecule has 0 N–H and O–H groups in total. The highest BCUT2D eigenvalue weighted by atomic mass is 32.2. The Morgan fingerprint density at radius 3 is 1.97 bits per heavy atom. The van der Waals surface area contributed by atoms with Gasteiger partial charge in [-0.05, 0) is 19.9 Å². The Morgan fingerprint density at radius 1 is 1.00 bits per heavy atom. The van der Waals surface area contributed by atoms with Gasteiger partial charge in [-0.2, -0.15) is 13.2 Å². The van der Waals surface area contributed by atoms with Crippen molar-refractivity contribution in [3.05, 3.63) is 43.9 Å². The number of hydrogen-bond donors (Lipinski definition) is 0. The normalized spacial score (nSPS) is 18.0. The molecule has 0 bridgehead atoms. The molecule has 12 heteroatoms. The maximum absolute atomic E-state index is 13.4. The molecule has 2 aliphatic heterocycles. The molecule has 0 radical (unpaired) electrons. The Labute approximate surface area is 195 Å². The van der Waals surface area contributed by atoms with E-state index in [1.54, 1.807) is 6.07 Å². The van der Waals surface area contributed by atoms with Crippen molar-refractivity contribution in [3.63, 3.8) is 0 Å². The van der Waals surface area contributed by atoms with Gasteiger partial charge in [0.05, 0.1) is 34.5 Å². The number of ether oxygens (including phenoxy) is 2. The molecule has 1 amide bonds. The van der Waals surface area contributed by atoms with Gasteiger partial charge < -0.3 is 9.47 Å². The van der Waals surface area contributed by atoms with Gasteiger partial charge in [0, 0.05) is 11.1 Å². The van der Waals surface area contributed by atoms with Crippen LogP contribution in [0.1, 0.15) is 19.4 Å². The van der Waals surface area contributed by atoms with E-state index in [2.05, 4.69) is 0 Å². The zero-order valence-corrected chi connectivity index (χ0v) is 19.6. The van der Waals surface area contributed by atoms with Crippen LogP contribution in [0, 0.1) is 0 Å². The fourth-order valence-electron chi connectivity index (χ4n) is 3.26. The summed E-state index contributed by atoms with van der Waals surface area (Å²) < 4.78 is 50.1. The fraction of sp³-hybridized carbons (Fsp3) is 0.300. The lowest BCUT2D eigenvalue weighted by atomic mass is 9.83. The molecule has 1 aromatic carbocycles. The Hall–Kier alpha value is -2.31. The van der Waals surface area contributed by atoms with Crippen LogP contribution >= 0.6 is 35.7 Å². The lowest BCUT2D eigenvalue weighted by molar-refractivity contribution is -0.171. The third-order valence-electron chi connectivity index (χ3n) is 4.74. The summed E-state index contributed by atoms with van der Waals surface area (Å²) in [6.07, 6.45) is -5.11. The van der Waals surface area contributed by atoms with E-state index in [0.717, 1.165) is 37.7 Å². The van der Waals surface area contributed by atoms with E-state index in [1.807, 2.05) is 0 Å². The van der Waals surface area contributed by atoms with Crippen LogP contribution in [0.25, 0.3) is 5.57 Å². The van der Waals surface area contributed by atoms with Gasteiger partial charge in [0.15, 0.2) is 0 Å². The molecule has 2 heterocycles. The van der Waals surface area contributed by atoms with Crippen LogP contribution in [0.15, 0.2) is 38.3 Å². The molecule has 0 fully saturated rings. The van der Waals surface area contributed by atoms with Crippen LogP contribution in [-0.2, 0) is 23.9 Å². The molecule has 0 saturated heterocycles. The number of thioether (sulfide) groups is 2. The lowest BCUT2D eigenvalue weighted by Crippen LogP contribution is -2.59. The summed E-state index contributed by atoms with van der Waals surface area (Å²) in [6.45, 7) is 2.82. The summed E-state index contributed by atoms with van der Waals surface area (Å²) in [6, 6.07) is 6.03. The zero-order valence-electron chi connectivity index (χ0n) is 17.2. The average molecular weight is 504 g/mol. The van der Waals surface area contributed by atoms with Crippen molar-refractivity contribution >= 4 is 69.7 Å². The molecule has 32 heavy (non-hydrogen) atoms. The van der Waals surface area contributed by atoms with Gasteiger partial charge in [0.1, 0.15) is 9.81 Å². The second kappa shape index (κ2) is 8.56. The number of carbonyl (C=O) groups excluding carboxylic acids is 3. The number of carbonyl (C=O) groups is 3. The number of nitrogens with zero attached hydrogens (tertiary/aromatic N) is 1. The first kappa shape index (κ1) is 24.3. The van der Waals surface area contributed by atoms with E-state index in [-0.39, 0.29) is 25.9 Å². The smallest absolute Gasteiger partial charge is 0.465 e.